The summed E-state index contributed by atoms with van der Waals surface area (Å²) >= 11 is 6.02. The third-order valence-corrected chi connectivity index (χ3v) is 3.41. The summed E-state index contributed by atoms with van der Waals surface area (Å²) in [6.45, 7) is 9.95. The molecule has 0 N–H and O–H groups in total. The Morgan fingerprint density at radius 3 is 2.12 bits per heavy atom. The number of benzene rings is 1. The lowest BCUT2D eigenvalue weighted by Gasteiger charge is -2.19. The van der Waals surface area contributed by atoms with Gasteiger partial charge in [0.15, 0.2) is 0 Å². The van der Waals surface area contributed by atoms with Crippen molar-refractivity contribution in [1.82, 2.24) is 9.13 Å². The number of esters is 1. The number of rotatable bonds is 2. The highest BCUT2D eigenvalue weighted by molar-refractivity contribution is 6.31. The van der Waals surface area contributed by atoms with E-state index in [0.717, 1.165) is 9.13 Å². The molecule has 0 fully saturated rings. The van der Waals surface area contributed by atoms with E-state index >= 15 is 0 Å². The predicted octanol–water partition coefficient (Wildman–Crippen LogP) is 3.58. The lowest BCUT2D eigenvalue weighted by molar-refractivity contribution is -0.155. The van der Waals surface area contributed by atoms with Gasteiger partial charge in [0.1, 0.15) is 17.7 Å². The highest BCUT2D eigenvalue weighted by atomic mass is 35.5. The van der Waals surface area contributed by atoms with Gasteiger partial charge in [-0.2, -0.15) is 4.57 Å². The first-order valence-electron chi connectivity index (χ1n) is 8.14. The van der Waals surface area contributed by atoms with Crippen LogP contribution in [0.1, 0.15) is 41.5 Å². The molecule has 1 aromatic carbocycles. The maximum Gasteiger partial charge on any atom is 0.423 e. The van der Waals surface area contributed by atoms with Crippen LogP contribution in [0.4, 0.5) is 4.79 Å². The third kappa shape index (κ3) is 4.66. The Bertz CT molecular complexity index is 913. The molecule has 0 saturated heterocycles. The van der Waals surface area contributed by atoms with Crippen LogP contribution in [-0.2, 0) is 20.8 Å². The number of nitrogens with zero attached hydrogens (tertiary/aromatic N) is 2. The van der Waals surface area contributed by atoms with Gasteiger partial charge in [-0.25, -0.2) is 9.59 Å². The minimum Gasteiger partial charge on any atom is -0.459 e. The molecule has 0 bridgehead atoms. The van der Waals surface area contributed by atoms with Gasteiger partial charge in [-0.05, 0) is 59.7 Å². The fourth-order valence-corrected chi connectivity index (χ4v) is 2.53. The molecule has 1 aromatic heterocycles. The Balaban J connectivity index is 2.55. The van der Waals surface area contributed by atoms with Gasteiger partial charge in [0.2, 0.25) is 0 Å². The number of carbonyl (C=O) groups is 2. The number of carbonyl (C=O) groups excluding carboxylic acids is 2. The van der Waals surface area contributed by atoms with E-state index in [1.807, 2.05) is 0 Å². The monoisotopic (exact) mass is 382 g/mol. The van der Waals surface area contributed by atoms with Crippen LogP contribution in [0, 0.1) is 0 Å². The van der Waals surface area contributed by atoms with Crippen molar-refractivity contribution in [2.45, 2.75) is 59.3 Å². The number of halogens is 1. The van der Waals surface area contributed by atoms with Crippen molar-refractivity contribution in [1.29, 1.82) is 0 Å². The third-order valence-electron chi connectivity index (χ3n) is 3.17. The van der Waals surface area contributed by atoms with Gasteiger partial charge in [0.25, 0.3) is 0 Å². The maximum atomic E-state index is 12.8. The number of hydrogen-bond donors (Lipinski definition) is 0. The Morgan fingerprint density at radius 1 is 1.00 bits per heavy atom. The lowest BCUT2D eigenvalue weighted by Crippen LogP contribution is -2.36. The molecule has 1 heterocycles. The average molecular weight is 383 g/mol. The van der Waals surface area contributed by atoms with E-state index in [-0.39, 0.29) is 6.54 Å². The molecule has 0 atom stereocenters. The molecular weight excluding hydrogens is 360 g/mol. The highest BCUT2D eigenvalue weighted by Crippen LogP contribution is 2.20. The molecule has 0 aliphatic heterocycles. The molecule has 2 rings (SSSR count). The summed E-state index contributed by atoms with van der Waals surface area (Å²) in [6, 6.07) is 4.61. The number of hydrogen-bond acceptors (Lipinski definition) is 5. The SMILES string of the molecule is CC(C)(C)OC(=O)Cn1c(=O)n(C(=O)OC(C)(C)C)c2ccc(Cl)cc21. The molecule has 0 spiro atoms. The summed E-state index contributed by atoms with van der Waals surface area (Å²) in [5.74, 6) is -0.595. The van der Waals surface area contributed by atoms with Gasteiger partial charge in [0, 0.05) is 5.02 Å². The summed E-state index contributed by atoms with van der Waals surface area (Å²) in [4.78, 5) is 37.5. The Hall–Kier alpha value is -2.28. The summed E-state index contributed by atoms with van der Waals surface area (Å²) in [5.41, 5.74) is -1.51. The van der Waals surface area contributed by atoms with Crippen molar-refractivity contribution in [2.24, 2.45) is 0 Å². The summed E-state index contributed by atoms with van der Waals surface area (Å²) in [7, 11) is 0. The van der Waals surface area contributed by atoms with Crippen molar-refractivity contribution in [3.63, 3.8) is 0 Å². The molecule has 8 heteroatoms. The fourth-order valence-electron chi connectivity index (χ4n) is 2.37. The van der Waals surface area contributed by atoms with Gasteiger partial charge in [0.05, 0.1) is 11.0 Å². The minimum absolute atomic E-state index is 0.303. The molecule has 0 amide bonds. The zero-order chi connectivity index (χ0) is 19.9. The van der Waals surface area contributed by atoms with Crippen LogP contribution in [0.5, 0.6) is 0 Å². The van der Waals surface area contributed by atoms with Crippen molar-refractivity contribution in [2.75, 3.05) is 0 Å². The molecule has 7 nitrogen and oxygen atoms in total. The Kier molecular flexibility index (Phi) is 5.24. The largest absolute Gasteiger partial charge is 0.459 e. The maximum absolute atomic E-state index is 12.8. The standard InChI is InChI=1S/C18H23ClN2O5/c1-17(2,3)25-14(22)10-20-13-9-11(19)7-8-12(13)21(15(20)23)16(24)26-18(4,5)6/h7-9H,10H2,1-6H3. The smallest absolute Gasteiger partial charge is 0.423 e. The molecule has 2 aromatic rings. The molecule has 26 heavy (non-hydrogen) atoms. The lowest BCUT2D eigenvalue weighted by atomic mass is 10.2. The van der Waals surface area contributed by atoms with Gasteiger partial charge in [-0.3, -0.25) is 9.36 Å². The second kappa shape index (κ2) is 6.79. The first-order chi connectivity index (χ1) is 11.8. The average Bonchev–Trinajstić information content (AvgIpc) is 2.67. The zero-order valence-corrected chi connectivity index (χ0v) is 16.5. The van der Waals surface area contributed by atoms with Crippen LogP contribution >= 0.6 is 11.6 Å². The number of ether oxygens (including phenoxy) is 2. The van der Waals surface area contributed by atoms with Crippen LogP contribution in [0.3, 0.4) is 0 Å². The number of fused-ring (bicyclic) bond motifs is 1. The minimum atomic E-state index is -0.822. The normalized spacial score (nSPS) is 12.3. The summed E-state index contributed by atoms with van der Waals surface area (Å²) in [5, 5.41) is 0.372. The Morgan fingerprint density at radius 2 is 1.58 bits per heavy atom. The van der Waals surface area contributed by atoms with E-state index in [2.05, 4.69) is 0 Å². The van der Waals surface area contributed by atoms with E-state index in [0.29, 0.717) is 16.1 Å². The van der Waals surface area contributed by atoms with Crippen LogP contribution in [-0.4, -0.2) is 32.4 Å². The van der Waals surface area contributed by atoms with Crippen molar-refractivity contribution >= 4 is 34.7 Å². The fraction of sp³-hybridized carbons (Fsp3) is 0.500. The molecule has 0 aliphatic carbocycles. The van der Waals surface area contributed by atoms with Crippen molar-refractivity contribution in [3.05, 3.63) is 33.7 Å². The van der Waals surface area contributed by atoms with Crippen molar-refractivity contribution < 1.29 is 19.1 Å². The van der Waals surface area contributed by atoms with E-state index in [9.17, 15) is 14.4 Å². The highest BCUT2D eigenvalue weighted by Gasteiger charge is 2.26. The molecule has 0 saturated carbocycles. The van der Waals surface area contributed by atoms with E-state index in [1.54, 1.807) is 47.6 Å². The summed E-state index contributed by atoms with van der Waals surface area (Å²) in [6.07, 6.45) is -0.822. The van der Waals surface area contributed by atoms with Gasteiger partial charge in [-0.15, -0.1) is 0 Å². The molecular formula is C18H23ClN2O5. The molecule has 142 valence electrons. The second-order valence-corrected chi connectivity index (χ2v) is 8.34. The van der Waals surface area contributed by atoms with E-state index in [4.69, 9.17) is 21.1 Å². The van der Waals surface area contributed by atoms with Gasteiger partial charge < -0.3 is 9.47 Å². The van der Waals surface area contributed by atoms with Gasteiger partial charge >= 0.3 is 17.8 Å². The number of imidazole rings is 1. The van der Waals surface area contributed by atoms with Crippen LogP contribution in [0.2, 0.25) is 5.02 Å². The van der Waals surface area contributed by atoms with E-state index in [1.165, 1.54) is 12.1 Å². The first-order valence-corrected chi connectivity index (χ1v) is 8.52. The second-order valence-electron chi connectivity index (χ2n) is 7.90. The molecule has 0 unspecified atom stereocenters. The molecule has 0 radical (unpaired) electrons. The quantitative estimate of drug-likeness (QED) is 0.741. The summed E-state index contributed by atoms with van der Waals surface area (Å²) < 4.78 is 12.6. The first kappa shape index (κ1) is 20.0. The topological polar surface area (TPSA) is 79.5 Å². The predicted molar refractivity (Wildman–Crippen MR) is 98.7 cm³/mol. The number of aromatic nitrogens is 2. The van der Waals surface area contributed by atoms with E-state index < -0.39 is 29.0 Å². The van der Waals surface area contributed by atoms with Crippen LogP contribution < -0.4 is 5.69 Å². The van der Waals surface area contributed by atoms with Crippen molar-refractivity contribution in [3.8, 4) is 0 Å². The van der Waals surface area contributed by atoms with Crippen LogP contribution in [0.25, 0.3) is 11.0 Å². The molecule has 0 aliphatic rings. The zero-order valence-electron chi connectivity index (χ0n) is 15.8. The van der Waals surface area contributed by atoms with Gasteiger partial charge in [-0.1, -0.05) is 11.6 Å². The Labute approximate surface area is 156 Å². The van der Waals surface area contributed by atoms with Crippen LogP contribution in [0.15, 0.2) is 23.0 Å².